The third-order valence-electron chi connectivity index (χ3n) is 5.19. The van der Waals surface area contributed by atoms with Gasteiger partial charge in [-0.2, -0.15) is 0 Å². The van der Waals surface area contributed by atoms with Gasteiger partial charge in [0, 0.05) is 17.9 Å². The number of unbranched alkanes of at least 4 members (excludes halogenated alkanes) is 1. The summed E-state index contributed by atoms with van der Waals surface area (Å²) < 4.78 is 0. The van der Waals surface area contributed by atoms with E-state index in [1.807, 2.05) is 98.9 Å². The summed E-state index contributed by atoms with van der Waals surface area (Å²) in [7, 11) is 0. The van der Waals surface area contributed by atoms with Crippen molar-refractivity contribution in [1.82, 2.24) is 0 Å². The predicted molar refractivity (Wildman–Crippen MR) is 155 cm³/mol. The van der Waals surface area contributed by atoms with Gasteiger partial charge < -0.3 is 20.4 Å². The largest absolute Gasteiger partial charge is 0.478 e. The second-order valence-electron chi connectivity index (χ2n) is 8.65. The van der Waals surface area contributed by atoms with Crippen molar-refractivity contribution in [1.29, 1.82) is 0 Å². The Morgan fingerprint density at radius 2 is 1.11 bits per heavy atom. The Balaban J connectivity index is 4.30. The van der Waals surface area contributed by atoms with Crippen molar-refractivity contribution in [2.24, 2.45) is 11.8 Å². The van der Waals surface area contributed by atoms with Crippen LogP contribution in [0.3, 0.4) is 0 Å². The number of hydrogen-bond donors (Lipinski definition) is 4. The van der Waals surface area contributed by atoms with Gasteiger partial charge in [0.2, 0.25) is 0 Å². The highest BCUT2D eigenvalue weighted by Crippen LogP contribution is 2.19. The molecular formula is C32H44O5. The minimum absolute atomic E-state index is 0.0779. The molecule has 5 unspecified atom stereocenters. The van der Waals surface area contributed by atoms with Gasteiger partial charge in [-0.25, -0.2) is 4.79 Å². The van der Waals surface area contributed by atoms with Crippen LogP contribution in [0.5, 0.6) is 0 Å². The minimum Gasteiger partial charge on any atom is -0.478 e. The van der Waals surface area contributed by atoms with E-state index in [1.165, 1.54) is 6.08 Å². The average Bonchev–Trinajstić information content (AvgIpc) is 2.86. The molecule has 0 heterocycles. The Hall–Kier alpha value is -3.25. The first-order chi connectivity index (χ1) is 17.8. The number of allylic oxidation sites excluding steroid dienone is 16. The molecule has 5 atom stereocenters. The van der Waals surface area contributed by atoms with E-state index < -0.39 is 18.2 Å². The SMILES string of the molecule is CC(O)C/C=C/C=C/C=C/C=C/C=C/C(O)C(C)C(O)C(C)/C=C/CC/C=C/C=C/C=C/C=C/C(=O)O. The topological polar surface area (TPSA) is 98.0 Å². The summed E-state index contributed by atoms with van der Waals surface area (Å²) >= 11 is 0. The maximum atomic E-state index is 10.6. The van der Waals surface area contributed by atoms with E-state index in [2.05, 4.69) is 0 Å². The van der Waals surface area contributed by atoms with Crippen LogP contribution in [0, 0.1) is 11.8 Å². The fraction of sp³-hybridized carbons (Fsp3) is 0.344. The third kappa shape index (κ3) is 21.7. The molecule has 0 spiro atoms. The van der Waals surface area contributed by atoms with E-state index in [-0.39, 0.29) is 17.9 Å². The van der Waals surface area contributed by atoms with Crippen LogP contribution in [0.2, 0.25) is 0 Å². The molecular weight excluding hydrogens is 464 g/mol. The lowest BCUT2D eigenvalue weighted by Crippen LogP contribution is -2.32. The van der Waals surface area contributed by atoms with E-state index in [1.54, 1.807) is 31.2 Å². The lowest BCUT2D eigenvalue weighted by Gasteiger charge is -2.25. The Labute approximate surface area is 222 Å². The van der Waals surface area contributed by atoms with Crippen molar-refractivity contribution < 1.29 is 25.2 Å². The normalized spacial score (nSPS) is 18.0. The molecule has 0 bridgehead atoms. The first-order valence-corrected chi connectivity index (χ1v) is 12.7. The molecule has 0 amide bonds. The zero-order chi connectivity index (χ0) is 27.7. The monoisotopic (exact) mass is 508 g/mol. The van der Waals surface area contributed by atoms with E-state index in [9.17, 15) is 15.0 Å². The Morgan fingerprint density at radius 1 is 0.622 bits per heavy atom. The fourth-order valence-electron chi connectivity index (χ4n) is 2.96. The molecule has 0 saturated carbocycles. The van der Waals surface area contributed by atoms with Crippen molar-refractivity contribution in [3.63, 3.8) is 0 Å². The van der Waals surface area contributed by atoms with E-state index in [4.69, 9.17) is 10.2 Å². The maximum absolute atomic E-state index is 10.6. The van der Waals surface area contributed by atoms with Gasteiger partial charge in [0.05, 0.1) is 18.3 Å². The number of carbonyl (C=O) groups is 1. The van der Waals surface area contributed by atoms with Gasteiger partial charge in [-0.1, -0.05) is 129 Å². The molecule has 0 aromatic rings. The summed E-state index contributed by atoms with van der Waals surface area (Å²) in [5, 5.41) is 38.6. The minimum atomic E-state index is -0.970. The van der Waals surface area contributed by atoms with E-state index in [0.29, 0.717) is 6.42 Å². The summed E-state index contributed by atoms with van der Waals surface area (Å²) in [6.45, 7) is 5.53. The molecule has 0 aliphatic rings. The van der Waals surface area contributed by atoms with Crippen LogP contribution in [0.25, 0.3) is 0 Å². The van der Waals surface area contributed by atoms with Crippen LogP contribution in [0.1, 0.15) is 40.0 Å². The molecule has 5 nitrogen and oxygen atoms in total. The highest BCUT2D eigenvalue weighted by molar-refractivity contribution is 5.80. The molecule has 0 aliphatic carbocycles. The van der Waals surface area contributed by atoms with Gasteiger partial charge in [0.1, 0.15) is 0 Å². The van der Waals surface area contributed by atoms with Crippen molar-refractivity contribution >= 4 is 5.97 Å². The Kier molecular flexibility index (Phi) is 21.1. The molecule has 202 valence electrons. The maximum Gasteiger partial charge on any atom is 0.328 e. The van der Waals surface area contributed by atoms with Crippen LogP contribution in [-0.2, 0) is 4.79 Å². The first-order valence-electron chi connectivity index (χ1n) is 12.7. The Morgan fingerprint density at radius 3 is 1.68 bits per heavy atom. The summed E-state index contributed by atoms with van der Waals surface area (Å²) in [5.74, 6) is -1.35. The summed E-state index contributed by atoms with van der Waals surface area (Å²) in [6.07, 6.45) is 36.8. The van der Waals surface area contributed by atoms with Crippen LogP contribution in [0.4, 0.5) is 0 Å². The Bertz CT molecular complexity index is 894. The second kappa shape index (κ2) is 23.2. The zero-order valence-corrected chi connectivity index (χ0v) is 22.3. The number of aliphatic hydroxyl groups is 3. The van der Waals surface area contributed by atoms with Gasteiger partial charge in [0.15, 0.2) is 0 Å². The van der Waals surface area contributed by atoms with Crippen molar-refractivity contribution in [2.75, 3.05) is 0 Å². The molecule has 0 fully saturated rings. The molecule has 5 heteroatoms. The highest BCUT2D eigenvalue weighted by Gasteiger charge is 2.24. The first kappa shape index (κ1) is 33.8. The van der Waals surface area contributed by atoms with Crippen LogP contribution >= 0.6 is 0 Å². The van der Waals surface area contributed by atoms with Crippen LogP contribution < -0.4 is 0 Å². The second-order valence-corrected chi connectivity index (χ2v) is 8.65. The van der Waals surface area contributed by atoms with Crippen molar-refractivity contribution in [3.05, 3.63) is 122 Å². The van der Waals surface area contributed by atoms with Gasteiger partial charge in [-0.15, -0.1) is 0 Å². The number of carboxylic acids is 1. The molecule has 0 rings (SSSR count). The molecule has 0 aromatic heterocycles. The molecule has 0 saturated heterocycles. The van der Waals surface area contributed by atoms with Gasteiger partial charge in [-0.05, 0) is 26.2 Å². The average molecular weight is 509 g/mol. The number of hydrogen-bond acceptors (Lipinski definition) is 4. The summed E-state index contributed by atoms with van der Waals surface area (Å²) in [5.41, 5.74) is 0. The molecule has 0 radical (unpaired) electrons. The van der Waals surface area contributed by atoms with E-state index >= 15 is 0 Å². The molecule has 0 aromatic carbocycles. The zero-order valence-electron chi connectivity index (χ0n) is 22.3. The predicted octanol–water partition coefficient (Wildman–Crippen LogP) is 6.18. The molecule has 4 N–H and O–H groups in total. The van der Waals surface area contributed by atoms with Crippen molar-refractivity contribution in [3.8, 4) is 0 Å². The fourth-order valence-corrected chi connectivity index (χ4v) is 2.96. The lowest BCUT2D eigenvalue weighted by molar-refractivity contribution is -0.131. The highest BCUT2D eigenvalue weighted by atomic mass is 16.4. The van der Waals surface area contributed by atoms with Crippen LogP contribution in [-0.4, -0.2) is 44.7 Å². The number of carboxylic acid groups (broad SMARTS) is 1. The lowest BCUT2D eigenvalue weighted by atomic mass is 9.88. The number of aliphatic hydroxyl groups excluding tert-OH is 3. The quantitative estimate of drug-likeness (QED) is 0.0767. The third-order valence-corrected chi connectivity index (χ3v) is 5.19. The standard InChI is InChI=1S/C32H44O5/c1-27(23-19-15-11-7-4-5-10-14-18-22-26-31(35)36)32(37)29(3)30(34)25-21-17-13-9-6-8-12-16-20-24-28(2)33/h4-10,12-14,16-23,25-30,32-34,37H,11,15,24H2,1-3H3,(H,35,36)/b7-4+,9-6+,10-5+,12-8+,17-13+,18-14+,20-16+,23-19+,25-21+,26-22+. The molecule has 0 aliphatic heterocycles. The van der Waals surface area contributed by atoms with Gasteiger partial charge in [-0.3, -0.25) is 0 Å². The summed E-state index contributed by atoms with van der Waals surface area (Å²) in [6, 6.07) is 0. The van der Waals surface area contributed by atoms with Gasteiger partial charge in [0.25, 0.3) is 0 Å². The van der Waals surface area contributed by atoms with Crippen molar-refractivity contribution in [2.45, 2.75) is 58.3 Å². The summed E-state index contributed by atoms with van der Waals surface area (Å²) in [4.78, 5) is 10.3. The molecule has 37 heavy (non-hydrogen) atoms. The number of aliphatic carboxylic acids is 1. The number of rotatable bonds is 18. The smallest absolute Gasteiger partial charge is 0.328 e. The van der Waals surface area contributed by atoms with Gasteiger partial charge >= 0.3 is 5.97 Å². The van der Waals surface area contributed by atoms with E-state index in [0.717, 1.165) is 18.9 Å². The van der Waals surface area contributed by atoms with Crippen LogP contribution in [0.15, 0.2) is 122 Å².